The normalized spacial score (nSPS) is 29.1. The first kappa shape index (κ1) is 18.0. The number of hydrogen-bond acceptors (Lipinski definition) is 2. The summed E-state index contributed by atoms with van der Waals surface area (Å²) in [5.74, 6) is 0.897. The summed E-state index contributed by atoms with van der Waals surface area (Å²) in [5.41, 5.74) is 0.501. The second-order valence-corrected chi connectivity index (χ2v) is 7.56. The largest absolute Gasteiger partial charge is 0.314 e. The molecule has 0 aromatic heterocycles. The van der Waals surface area contributed by atoms with Crippen LogP contribution in [0.1, 0.15) is 73.6 Å². The Bertz CT molecular complexity index is 264. The Balaban J connectivity index is 2.75. The van der Waals surface area contributed by atoms with Crippen LogP contribution in [0.3, 0.4) is 0 Å². The van der Waals surface area contributed by atoms with Gasteiger partial charge in [-0.1, -0.05) is 47.5 Å². The molecule has 2 heteroatoms. The van der Waals surface area contributed by atoms with E-state index in [1.807, 2.05) is 0 Å². The zero-order chi connectivity index (χ0) is 15.2. The van der Waals surface area contributed by atoms with Gasteiger partial charge in [0.1, 0.15) is 0 Å². The van der Waals surface area contributed by atoms with E-state index >= 15 is 0 Å². The van der Waals surface area contributed by atoms with Crippen LogP contribution >= 0.6 is 0 Å². The first-order chi connectivity index (χ1) is 9.42. The molecule has 1 aliphatic rings. The minimum absolute atomic E-state index is 0.501. The van der Waals surface area contributed by atoms with E-state index < -0.39 is 0 Å². The highest BCUT2D eigenvalue weighted by Gasteiger charge is 2.36. The van der Waals surface area contributed by atoms with E-state index in [4.69, 9.17) is 0 Å². The van der Waals surface area contributed by atoms with E-state index in [1.165, 1.54) is 51.7 Å². The van der Waals surface area contributed by atoms with Gasteiger partial charge in [-0.25, -0.2) is 0 Å². The molecule has 0 bridgehead atoms. The van der Waals surface area contributed by atoms with Crippen LogP contribution in [-0.2, 0) is 0 Å². The van der Waals surface area contributed by atoms with Crippen molar-refractivity contribution in [3.05, 3.63) is 0 Å². The molecule has 0 aliphatic heterocycles. The Morgan fingerprint density at radius 1 is 1.25 bits per heavy atom. The maximum absolute atomic E-state index is 3.74. The van der Waals surface area contributed by atoms with Gasteiger partial charge in [-0.05, 0) is 44.1 Å². The molecule has 0 aromatic rings. The van der Waals surface area contributed by atoms with E-state index in [1.54, 1.807) is 0 Å². The van der Waals surface area contributed by atoms with Gasteiger partial charge < -0.3 is 10.2 Å². The van der Waals surface area contributed by atoms with Crippen LogP contribution in [0.15, 0.2) is 0 Å². The lowest BCUT2D eigenvalue weighted by molar-refractivity contribution is 0.0616. The van der Waals surface area contributed by atoms with Gasteiger partial charge in [0.05, 0.1) is 0 Å². The van der Waals surface area contributed by atoms with Gasteiger partial charge in [0.15, 0.2) is 0 Å². The highest BCUT2D eigenvalue weighted by molar-refractivity contribution is 4.91. The first-order valence-corrected chi connectivity index (χ1v) is 8.90. The third-order valence-corrected chi connectivity index (χ3v) is 5.23. The molecule has 0 heterocycles. The van der Waals surface area contributed by atoms with E-state index in [0.717, 1.165) is 5.92 Å². The Labute approximate surface area is 127 Å². The summed E-state index contributed by atoms with van der Waals surface area (Å²) in [6.07, 6.45) is 6.92. The third kappa shape index (κ3) is 5.37. The molecular formula is C18H38N2. The van der Waals surface area contributed by atoms with Gasteiger partial charge >= 0.3 is 0 Å². The van der Waals surface area contributed by atoms with Crippen LogP contribution in [0, 0.1) is 11.3 Å². The molecule has 1 fully saturated rings. The Kier molecular flexibility index (Phi) is 7.53. The minimum Gasteiger partial charge on any atom is -0.314 e. The van der Waals surface area contributed by atoms with Crippen molar-refractivity contribution in [2.75, 3.05) is 19.6 Å². The minimum atomic E-state index is 0.501. The smallest absolute Gasteiger partial charge is 0.00644 e. The van der Waals surface area contributed by atoms with Gasteiger partial charge in [0.2, 0.25) is 0 Å². The standard InChI is InChI=1S/C18H38N2/c1-7-17(6)20(8-2)14-18(13-19-15(3)4)11-9-10-16(5)12-18/h15-17,19H,7-14H2,1-6H3. The fourth-order valence-corrected chi connectivity index (χ4v) is 3.82. The molecule has 0 aromatic carbocycles. The highest BCUT2D eigenvalue weighted by atomic mass is 15.2. The van der Waals surface area contributed by atoms with E-state index in [-0.39, 0.29) is 0 Å². The average Bonchev–Trinajstić information content (AvgIpc) is 2.42. The van der Waals surface area contributed by atoms with Gasteiger partial charge in [0.25, 0.3) is 0 Å². The summed E-state index contributed by atoms with van der Waals surface area (Å²) in [7, 11) is 0. The molecule has 0 amide bonds. The van der Waals surface area contributed by atoms with Crippen LogP contribution in [0.4, 0.5) is 0 Å². The number of hydrogen-bond donors (Lipinski definition) is 1. The van der Waals surface area contributed by atoms with Crippen molar-refractivity contribution in [2.45, 2.75) is 85.7 Å². The van der Waals surface area contributed by atoms with Crippen LogP contribution in [0.2, 0.25) is 0 Å². The predicted octanol–water partition coefficient (Wildman–Crippen LogP) is 4.30. The molecule has 1 saturated carbocycles. The summed E-state index contributed by atoms with van der Waals surface area (Å²) in [6.45, 7) is 17.7. The molecule has 3 atom stereocenters. The maximum atomic E-state index is 3.74. The molecule has 0 saturated heterocycles. The van der Waals surface area contributed by atoms with Crippen LogP contribution in [-0.4, -0.2) is 36.6 Å². The molecule has 2 nitrogen and oxygen atoms in total. The fourth-order valence-electron chi connectivity index (χ4n) is 3.82. The zero-order valence-corrected chi connectivity index (χ0v) is 14.8. The Hall–Kier alpha value is -0.0800. The van der Waals surface area contributed by atoms with E-state index in [9.17, 15) is 0 Å². The third-order valence-electron chi connectivity index (χ3n) is 5.23. The second-order valence-electron chi connectivity index (χ2n) is 7.56. The lowest BCUT2D eigenvalue weighted by Gasteiger charge is -2.45. The molecule has 120 valence electrons. The number of rotatable bonds is 8. The van der Waals surface area contributed by atoms with Gasteiger partial charge in [-0.3, -0.25) is 0 Å². The van der Waals surface area contributed by atoms with E-state index in [0.29, 0.717) is 17.5 Å². The summed E-state index contributed by atoms with van der Waals surface area (Å²) < 4.78 is 0. The van der Waals surface area contributed by atoms with Crippen molar-refractivity contribution >= 4 is 0 Å². The number of nitrogens with one attached hydrogen (secondary N) is 1. The van der Waals surface area contributed by atoms with Gasteiger partial charge in [-0.15, -0.1) is 0 Å². The fraction of sp³-hybridized carbons (Fsp3) is 1.00. The molecule has 1 aliphatic carbocycles. The quantitative estimate of drug-likeness (QED) is 0.714. The Morgan fingerprint density at radius 2 is 1.95 bits per heavy atom. The topological polar surface area (TPSA) is 15.3 Å². The van der Waals surface area contributed by atoms with Crippen molar-refractivity contribution < 1.29 is 0 Å². The van der Waals surface area contributed by atoms with E-state index in [2.05, 4.69) is 51.8 Å². The summed E-state index contributed by atoms with van der Waals surface area (Å²) in [6, 6.07) is 1.32. The van der Waals surface area contributed by atoms with Crippen LogP contribution < -0.4 is 5.32 Å². The molecule has 0 radical (unpaired) electrons. The van der Waals surface area contributed by atoms with Gasteiger partial charge in [0, 0.05) is 25.2 Å². The zero-order valence-electron chi connectivity index (χ0n) is 14.8. The summed E-state index contributed by atoms with van der Waals surface area (Å²) >= 11 is 0. The van der Waals surface area contributed by atoms with Crippen molar-refractivity contribution in [3.8, 4) is 0 Å². The molecular weight excluding hydrogens is 244 g/mol. The lowest BCUT2D eigenvalue weighted by atomic mass is 9.69. The van der Waals surface area contributed by atoms with Crippen molar-refractivity contribution in [1.29, 1.82) is 0 Å². The first-order valence-electron chi connectivity index (χ1n) is 8.90. The van der Waals surface area contributed by atoms with Crippen molar-refractivity contribution in [2.24, 2.45) is 11.3 Å². The van der Waals surface area contributed by atoms with Gasteiger partial charge in [-0.2, -0.15) is 0 Å². The summed E-state index contributed by atoms with van der Waals surface area (Å²) in [4.78, 5) is 2.71. The maximum Gasteiger partial charge on any atom is 0.00644 e. The number of nitrogens with zero attached hydrogens (tertiary/aromatic N) is 1. The second kappa shape index (κ2) is 8.38. The molecule has 0 spiro atoms. The lowest BCUT2D eigenvalue weighted by Crippen LogP contribution is -2.49. The Morgan fingerprint density at radius 3 is 2.45 bits per heavy atom. The van der Waals surface area contributed by atoms with Crippen molar-refractivity contribution in [1.82, 2.24) is 10.2 Å². The predicted molar refractivity (Wildman–Crippen MR) is 90.2 cm³/mol. The van der Waals surface area contributed by atoms with Crippen molar-refractivity contribution in [3.63, 3.8) is 0 Å². The SMILES string of the molecule is CCC(C)N(CC)CC1(CNC(C)C)CCCC(C)C1. The monoisotopic (exact) mass is 282 g/mol. The highest BCUT2D eigenvalue weighted by Crippen LogP contribution is 2.40. The molecule has 1 N–H and O–H groups in total. The average molecular weight is 283 g/mol. The van der Waals surface area contributed by atoms with Crippen LogP contribution in [0.25, 0.3) is 0 Å². The molecule has 1 rings (SSSR count). The van der Waals surface area contributed by atoms with Crippen LogP contribution in [0.5, 0.6) is 0 Å². The molecule has 20 heavy (non-hydrogen) atoms. The summed E-state index contributed by atoms with van der Waals surface area (Å²) in [5, 5.41) is 3.74. The molecule has 3 unspecified atom stereocenters.